The van der Waals surface area contributed by atoms with Crippen molar-refractivity contribution in [2.24, 2.45) is 17.3 Å². The molecule has 1 aliphatic carbocycles. The first-order valence-corrected chi connectivity index (χ1v) is 44.1. The van der Waals surface area contributed by atoms with Gasteiger partial charge in [0, 0.05) is 85.9 Å². The lowest BCUT2D eigenvalue weighted by atomic mass is 9.79. The smallest absolute Gasteiger partial charge is 0.333 e. The van der Waals surface area contributed by atoms with Gasteiger partial charge < -0.3 is 166 Å². The van der Waals surface area contributed by atoms with Crippen LogP contribution < -0.4 is 5.32 Å². The minimum Gasteiger partial charge on any atom is -0.463 e. The number of esters is 15. The van der Waals surface area contributed by atoms with E-state index in [9.17, 15) is 123 Å². The molecule has 1 rings (SSSR count). The molecule has 0 aromatic rings. The molecular weight excluding hydrogens is 2000 g/mol. The molecule has 50 heteroatoms. The number of carbonyl (C=O) groups excluding carboxylic acids is 16. The van der Waals surface area contributed by atoms with Crippen molar-refractivity contribution in [3.63, 3.8) is 0 Å². The molecule has 13 unspecified atom stereocenters. The van der Waals surface area contributed by atoms with Crippen molar-refractivity contribution < 1.29 is 239 Å². The zero-order chi connectivity index (χ0) is 115. The fourth-order valence-electron chi connectivity index (χ4n) is 8.51. The summed E-state index contributed by atoms with van der Waals surface area (Å²) in [4.78, 5) is 176. The number of hydrogen-bond donors (Lipinski definition) is 13. The molecule has 0 radical (unpaired) electrons. The average Bonchev–Trinajstić information content (AvgIpc) is 0.832. The monoisotopic (exact) mass is 2160 g/mol. The third-order valence-corrected chi connectivity index (χ3v) is 15.9. The van der Waals surface area contributed by atoms with Crippen LogP contribution in [0.4, 0.5) is 0 Å². The van der Waals surface area contributed by atoms with E-state index in [1.807, 2.05) is 0 Å². The van der Waals surface area contributed by atoms with E-state index in [0.717, 1.165) is 85.8 Å². The Bertz CT molecular complexity index is 3610. The van der Waals surface area contributed by atoms with Crippen LogP contribution in [0.15, 0.2) is 176 Å². The molecule has 150 heavy (non-hydrogen) atoms. The van der Waals surface area contributed by atoms with Gasteiger partial charge in [0.15, 0.2) is 0 Å². The van der Waals surface area contributed by atoms with Crippen LogP contribution in [0.5, 0.6) is 0 Å². The fourth-order valence-corrected chi connectivity index (χ4v) is 8.51. The Morgan fingerprint density at radius 3 is 0.687 bits per heavy atom. The number of amides is 1. The molecule has 1 amide bonds. The summed E-state index contributed by atoms with van der Waals surface area (Å²) >= 11 is 0. The predicted octanol–water partition coefficient (Wildman–Crippen LogP) is 0.998. The summed E-state index contributed by atoms with van der Waals surface area (Å²) in [6.07, 6.45) is 4.99. The SMILES string of the molecule is C.C.C.C=C(C)C(=O)OCCO.C=C(C)C(=O)OCCO.C=CC(=O)NCCO.C=CC(=O)OCC(CO)(COC(=O)C=C)COC(=O)C=C.C=CC(=O)OCC(O)COC(=O)C1CCCCC1C(=O)OCC(O)COC(=O)C=C.C=CC(=O)OCC(O)COCC(C)OCC(O)COC(=O)C=C.C=CC(=O)OCC(O)COCC(C)OCC(O)COC(=O)C=C.C=CC(=O)OCC(O)COCC(C)OCC(O)COC(=O)C=C.[2H]C. The molecular formula is C100H163NO49. The lowest BCUT2D eigenvalue weighted by Crippen LogP contribution is -2.42. The molecule has 1 aliphatic rings. The highest BCUT2D eigenvalue weighted by molar-refractivity contribution is 5.89. The molecule has 0 bridgehead atoms. The van der Waals surface area contributed by atoms with Crippen LogP contribution in [-0.2, 0) is 176 Å². The van der Waals surface area contributed by atoms with Gasteiger partial charge in [-0.3, -0.25) is 14.4 Å². The van der Waals surface area contributed by atoms with Crippen molar-refractivity contribution in [3.05, 3.63) is 176 Å². The predicted molar refractivity (Wildman–Crippen MR) is 539 cm³/mol. The van der Waals surface area contributed by atoms with Crippen LogP contribution in [0.1, 0.15) is 91.4 Å². The summed E-state index contributed by atoms with van der Waals surface area (Å²) in [6, 6.07) is 0. The van der Waals surface area contributed by atoms with E-state index in [0.29, 0.717) is 30.5 Å². The van der Waals surface area contributed by atoms with Gasteiger partial charge in [0.05, 0.1) is 121 Å². The van der Waals surface area contributed by atoms with Gasteiger partial charge in [-0.25, -0.2) is 62.3 Å². The molecule has 862 valence electrons. The van der Waals surface area contributed by atoms with Crippen molar-refractivity contribution in [2.75, 3.05) is 192 Å². The van der Waals surface area contributed by atoms with Gasteiger partial charge in [-0.15, -0.1) is 0 Å². The lowest BCUT2D eigenvalue weighted by Gasteiger charge is -2.29. The van der Waals surface area contributed by atoms with E-state index in [1.54, 1.807) is 34.6 Å². The van der Waals surface area contributed by atoms with Crippen LogP contribution >= 0.6 is 0 Å². The average molecular weight is 2160 g/mol. The highest BCUT2D eigenvalue weighted by Crippen LogP contribution is 2.32. The number of ether oxygens (including phenoxy) is 21. The number of aliphatic hydroxyl groups excluding tert-OH is 12. The number of nitrogens with one attached hydrogen (secondary N) is 1. The molecule has 13 atom stereocenters. The summed E-state index contributed by atoms with van der Waals surface area (Å²) in [7, 11) is 1.25. The zero-order valence-electron chi connectivity index (χ0n) is 85.1. The van der Waals surface area contributed by atoms with Gasteiger partial charge in [0.1, 0.15) is 148 Å². The normalized spacial score (nSPS) is 13.6. The standard InChI is InChI=1S/C20H28O10.3C15H24O8.C14H18O7.2C6H10O3.C5H9NO2.4CH4/c1-3-17(23)27-9-13(21)11-29-19(25)15-7-5-6-8-16(15)20(26)30-12-14(22)10-28-18(24)4-2;3*1-4-14(18)22-9-12(16)7-20-6-11(3)21-8-13(17)10-23-15(19)5-2;1-4-11(16)19-8-14(7-15,9-20-12(17)5-2)10-21-13(18)6-3;2*1-5(2)6(8)9-4-3-7;1-2-5(8)6-3-4-7;;;;/h3-4,13-16,21-22H,1-2,5-12H2;3*4-5,11-13,16-17H,1-2,6-10H2,3H3;4-6,15H,1-3,7-10H2;2*7H,1,3-4H2,2H3;2,7H,1,3-4H2,(H,6,8);4*1H4/i;;;;;;;;1D;;;. The van der Waals surface area contributed by atoms with E-state index in [1.165, 1.54) is 7.40 Å². The largest absolute Gasteiger partial charge is 0.463 e. The van der Waals surface area contributed by atoms with E-state index in [2.05, 4.69) is 145 Å². The third kappa shape index (κ3) is 102. The number of hydrogen-bond acceptors (Lipinski definition) is 49. The summed E-state index contributed by atoms with van der Waals surface area (Å²) < 4.78 is 108. The first-order chi connectivity index (χ1) is 70.0. The Labute approximate surface area is 878 Å². The molecule has 0 aliphatic heterocycles. The van der Waals surface area contributed by atoms with Crippen LogP contribution in [0, 0.1) is 17.3 Å². The Morgan fingerprint density at radius 1 is 0.300 bits per heavy atom. The van der Waals surface area contributed by atoms with Crippen LogP contribution in [0.25, 0.3) is 0 Å². The topological polar surface area (TPSA) is 722 Å². The second kappa shape index (κ2) is 106. The van der Waals surface area contributed by atoms with Gasteiger partial charge in [-0.1, -0.05) is 135 Å². The molecule has 1 saturated carbocycles. The van der Waals surface area contributed by atoms with Gasteiger partial charge in [0.25, 0.3) is 0 Å². The molecule has 0 saturated heterocycles. The highest BCUT2D eigenvalue weighted by Gasteiger charge is 2.39. The Morgan fingerprint density at radius 2 is 0.500 bits per heavy atom. The summed E-state index contributed by atoms with van der Waals surface area (Å²) in [6.45, 7) is 49.9. The van der Waals surface area contributed by atoms with Gasteiger partial charge in [0.2, 0.25) is 5.91 Å². The van der Waals surface area contributed by atoms with Crippen molar-refractivity contribution >= 4 is 95.4 Å². The maximum atomic E-state index is 12.4. The lowest BCUT2D eigenvalue weighted by molar-refractivity contribution is -0.167. The molecule has 1 fully saturated rings. The molecule has 13 N–H and O–H groups in total. The van der Waals surface area contributed by atoms with Crippen molar-refractivity contribution in [3.8, 4) is 0 Å². The van der Waals surface area contributed by atoms with E-state index >= 15 is 0 Å². The zero-order valence-corrected chi connectivity index (χ0v) is 84.1. The van der Waals surface area contributed by atoms with Crippen molar-refractivity contribution in [2.45, 2.75) is 157 Å². The minimum atomic E-state index is -1.28. The van der Waals surface area contributed by atoms with Crippen LogP contribution in [0.3, 0.4) is 0 Å². The van der Waals surface area contributed by atoms with E-state index in [4.69, 9.17) is 68.8 Å². The van der Waals surface area contributed by atoms with E-state index in [-0.39, 0.29) is 212 Å². The first-order valence-electron chi connectivity index (χ1n) is 45.1. The fraction of sp³-hybridized carbons (Fsp3) is 0.560. The van der Waals surface area contributed by atoms with Crippen molar-refractivity contribution in [1.29, 1.82) is 0 Å². The third-order valence-electron chi connectivity index (χ3n) is 15.9. The maximum absolute atomic E-state index is 12.4. The number of aliphatic hydroxyl groups is 12. The number of rotatable bonds is 70. The summed E-state index contributed by atoms with van der Waals surface area (Å²) in [5, 5.41) is 113. The first kappa shape index (κ1) is 157. The van der Waals surface area contributed by atoms with Crippen LogP contribution in [-0.4, -0.2) is 415 Å². The second-order valence-corrected chi connectivity index (χ2v) is 29.3. The molecule has 0 spiro atoms. The molecule has 0 heterocycles. The maximum Gasteiger partial charge on any atom is 0.333 e. The quantitative estimate of drug-likeness (QED) is 0.0229. The Kier molecular flexibility index (Phi) is 111. The summed E-state index contributed by atoms with van der Waals surface area (Å²) in [5.74, 6) is -11.3. The van der Waals surface area contributed by atoms with E-state index < -0.39 is 175 Å². The van der Waals surface area contributed by atoms with Gasteiger partial charge >= 0.3 is 89.5 Å². The number of carbonyl (C=O) groups is 16. The summed E-state index contributed by atoms with van der Waals surface area (Å²) in [5.41, 5.74) is -0.581. The Balaban J connectivity index is -0.000000169. The van der Waals surface area contributed by atoms with Crippen LogP contribution in [0.2, 0.25) is 0 Å². The molecule has 50 nitrogen and oxygen atoms in total. The van der Waals surface area contributed by atoms with Crippen molar-refractivity contribution in [1.82, 2.24) is 5.32 Å². The molecule has 0 aromatic carbocycles. The Hall–Kier alpha value is -12.8. The second-order valence-electron chi connectivity index (χ2n) is 29.3. The van der Waals surface area contributed by atoms with Gasteiger partial charge in [-0.2, -0.15) is 0 Å². The highest BCUT2D eigenvalue weighted by atomic mass is 16.6. The molecule has 0 aromatic heterocycles. The van der Waals surface area contributed by atoms with Gasteiger partial charge in [-0.05, 0) is 53.5 Å². The minimum absolute atomic E-state index is 0.